The summed E-state index contributed by atoms with van der Waals surface area (Å²) in [6.07, 6.45) is 0.354. The molecule has 0 radical (unpaired) electrons. The lowest BCUT2D eigenvalue weighted by atomic mass is 10.2. The zero-order chi connectivity index (χ0) is 17.8. The Morgan fingerprint density at radius 2 is 1.72 bits per heavy atom. The number of rotatable bonds is 5. The normalized spacial score (nSPS) is 14.8. The van der Waals surface area contributed by atoms with E-state index >= 15 is 0 Å². The lowest BCUT2D eigenvalue weighted by Gasteiger charge is -2.34. The number of H-pyrrole nitrogens is 1. The number of Topliss-reactive ketones (excluding diaryl/α,β-unsaturated/α-hetero) is 1. The van der Waals surface area contributed by atoms with E-state index in [4.69, 9.17) is 5.11 Å². The molecule has 0 unspecified atom stereocenters. The summed E-state index contributed by atoms with van der Waals surface area (Å²) in [4.78, 5) is 42.7. The van der Waals surface area contributed by atoms with Crippen LogP contribution in [0.5, 0.6) is 0 Å². The topological polar surface area (TPSA) is 93.7 Å². The molecule has 0 saturated carbocycles. The van der Waals surface area contributed by atoms with E-state index in [0.29, 0.717) is 38.3 Å². The maximum atomic E-state index is 12.6. The zero-order valence-electron chi connectivity index (χ0n) is 13.9. The van der Waals surface area contributed by atoms with Gasteiger partial charge in [0, 0.05) is 50.1 Å². The maximum absolute atomic E-state index is 12.6. The van der Waals surface area contributed by atoms with Gasteiger partial charge in [0.2, 0.25) is 5.78 Å². The highest BCUT2D eigenvalue weighted by molar-refractivity contribution is 6.36. The average molecular weight is 343 g/mol. The van der Waals surface area contributed by atoms with Gasteiger partial charge in [-0.25, -0.2) is 0 Å². The number of carbonyl (C=O) groups is 3. The molecule has 7 nitrogen and oxygen atoms in total. The van der Waals surface area contributed by atoms with Crippen LogP contribution in [0.3, 0.4) is 0 Å². The first kappa shape index (κ1) is 17.2. The lowest BCUT2D eigenvalue weighted by molar-refractivity contribution is -0.145. The Balaban J connectivity index is 1.59. The second kappa shape index (κ2) is 7.48. The lowest BCUT2D eigenvalue weighted by Crippen LogP contribution is -2.52. The van der Waals surface area contributed by atoms with Crippen molar-refractivity contribution >= 4 is 28.5 Å². The predicted octanol–water partition coefficient (Wildman–Crippen LogP) is 0.794. The van der Waals surface area contributed by atoms with E-state index in [2.05, 4.69) is 4.98 Å². The molecule has 0 spiro atoms. The van der Waals surface area contributed by atoms with Gasteiger partial charge in [-0.15, -0.1) is 0 Å². The van der Waals surface area contributed by atoms with Gasteiger partial charge in [0.25, 0.3) is 11.8 Å². The van der Waals surface area contributed by atoms with Crippen LogP contribution >= 0.6 is 0 Å². The molecule has 132 valence electrons. The summed E-state index contributed by atoms with van der Waals surface area (Å²) in [5.41, 5.74) is 1.44. The highest BCUT2D eigenvalue weighted by Gasteiger charge is 2.28. The molecule has 2 heterocycles. The molecular weight excluding hydrogens is 322 g/mol. The van der Waals surface area contributed by atoms with Gasteiger partial charge in [0.05, 0.1) is 0 Å². The Bertz CT molecular complexity index is 757. The summed E-state index contributed by atoms with van der Waals surface area (Å²) < 4.78 is 0. The Kier molecular flexibility index (Phi) is 5.14. The van der Waals surface area contributed by atoms with E-state index in [1.807, 2.05) is 30.3 Å². The van der Waals surface area contributed by atoms with Gasteiger partial charge >= 0.3 is 0 Å². The zero-order valence-corrected chi connectivity index (χ0v) is 13.9. The third-order valence-corrected chi connectivity index (χ3v) is 4.41. The van der Waals surface area contributed by atoms with Gasteiger partial charge in [-0.1, -0.05) is 18.2 Å². The van der Waals surface area contributed by atoms with Gasteiger partial charge in [-0.2, -0.15) is 0 Å². The number of hydrogen-bond donors (Lipinski definition) is 2. The van der Waals surface area contributed by atoms with Crippen molar-refractivity contribution in [2.24, 2.45) is 0 Å². The van der Waals surface area contributed by atoms with E-state index in [0.717, 1.165) is 10.9 Å². The van der Waals surface area contributed by atoms with Gasteiger partial charge < -0.3 is 19.9 Å². The molecule has 25 heavy (non-hydrogen) atoms. The molecule has 2 amide bonds. The molecule has 1 aromatic carbocycles. The van der Waals surface area contributed by atoms with Crippen LogP contribution in [0.25, 0.3) is 10.9 Å². The van der Waals surface area contributed by atoms with E-state index in [1.54, 1.807) is 4.90 Å². The molecule has 1 aliphatic rings. The second-order valence-electron chi connectivity index (χ2n) is 6.11. The van der Waals surface area contributed by atoms with Crippen LogP contribution in [0.1, 0.15) is 23.3 Å². The van der Waals surface area contributed by atoms with E-state index in [9.17, 15) is 14.4 Å². The van der Waals surface area contributed by atoms with E-state index in [-0.39, 0.29) is 18.9 Å². The first-order chi connectivity index (χ1) is 12.1. The van der Waals surface area contributed by atoms with Crippen molar-refractivity contribution in [2.45, 2.75) is 12.8 Å². The molecule has 0 atom stereocenters. The largest absolute Gasteiger partial charge is 0.396 e. The minimum Gasteiger partial charge on any atom is -0.396 e. The van der Waals surface area contributed by atoms with E-state index in [1.165, 1.54) is 4.90 Å². The fourth-order valence-corrected chi connectivity index (χ4v) is 2.99. The number of aromatic nitrogens is 1. The number of benzene rings is 1. The summed E-state index contributed by atoms with van der Waals surface area (Å²) in [6, 6.07) is 9.51. The minimum absolute atomic E-state index is 0.0591. The number of fused-ring (bicyclic) bond motifs is 1. The standard InChI is InChI=1S/C18H21N3O4/c22-11-3-6-16(23)18(25)21-9-7-20(8-10-21)17(24)15-12-13-4-1-2-5-14(13)19-15/h1-2,4-5,12,19,22H,3,6-11H2. The summed E-state index contributed by atoms with van der Waals surface area (Å²) in [5.74, 6) is -1.11. The molecule has 2 aromatic rings. The van der Waals surface area contributed by atoms with Crippen LogP contribution in [0.15, 0.2) is 30.3 Å². The van der Waals surface area contributed by atoms with Gasteiger partial charge in [0.1, 0.15) is 5.69 Å². The van der Waals surface area contributed by atoms with Crippen LogP contribution in [0, 0.1) is 0 Å². The number of aliphatic hydroxyl groups is 1. The second-order valence-corrected chi connectivity index (χ2v) is 6.11. The Morgan fingerprint density at radius 1 is 1.04 bits per heavy atom. The number of ketones is 1. The molecular formula is C18H21N3O4. The van der Waals surface area contributed by atoms with Gasteiger partial charge in [0.15, 0.2) is 0 Å². The van der Waals surface area contributed by atoms with Gasteiger partial charge in [-0.05, 0) is 18.6 Å². The fraction of sp³-hybridized carbons (Fsp3) is 0.389. The average Bonchev–Trinajstić information content (AvgIpc) is 3.09. The number of para-hydroxylation sites is 1. The number of aliphatic hydroxyl groups excluding tert-OH is 1. The number of piperazine rings is 1. The van der Waals surface area contributed by atoms with Crippen molar-refractivity contribution in [2.75, 3.05) is 32.8 Å². The summed E-state index contributed by atoms with van der Waals surface area (Å²) in [5, 5.41) is 9.72. The molecule has 1 saturated heterocycles. The van der Waals surface area contributed by atoms with Crippen molar-refractivity contribution in [3.05, 3.63) is 36.0 Å². The maximum Gasteiger partial charge on any atom is 0.290 e. The number of carbonyl (C=O) groups excluding carboxylic acids is 3. The number of aromatic amines is 1. The predicted molar refractivity (Wildman–Crippen MR) is 92.1 cm³/mol. The Labute approximate surface area is 145 Å². The minimum atomic E-state index is -0.522. The van der Waals surface area contributed by atoms with Crippen LogP contribution in [-0.2, 0) is 9.59 Å². The molecule has 1 fully saturated rings. The van der Waals surface area contributed by atoms with Crippen molar-refractivity contribution in [1.82, 2.24) is 14.8 Å². The molecule has 7 heteroatoms. The number of hydrogen-bond acceptors (Lipinski definition) is 4. The third kappa shape index (κ3) is 3.71. The fourth-order valence-electron chi connectivity index (χ4n) is 2.99. The molecule has 0 bridgehead atoms. The number of nitrogens with one attached hydrogen (secondary N) is 1. The van der Waals surface area contributed by atoms with Crippen LogP contribution < -0.4 is 0 Å². The highest BCUT2D eigenvalue weighted by Crippen LogP contribution is 2.17. The van der Waals surface area contributed by atoms with Crippen molar-refractivity contribution in [3.63, 3.8) is 0 Å². The molecule has 3 rings (SSSR count). The van der Waals surface area contributed by atoms with E-state index < -0.39 is 11.7 Å². The molecule has 1 aromatic heterocycles. The van der Waals surface area contributed by atoms with Gasteiger partial charge in [-0.3, -0.25) is 14.4 Å². The quantitative estimate of drug-likeness (QED) is 0.785. The first-order valence-electron chi connectivity index (χ1n) is 8.40. The summed E-state index contributed by atoms with van der Waals surface area (Å²) in [6.45, 7) is 1.37. The smallest absolute Gasteiger partial charge is 0.290 e. The van der Waals surface area contributed by atoms with Crippen molar-refractivity contribution in [1.29, 1.82) is 0 Å². The van der Waals surface area contributed by atoms with Crippen molar-refractivity contribution < 1.29 is 19.5 Å². The molecule has 2 N–H and O–H groups in total. The molecule has 0 aliphatic carbocycles. The summed E-state index contributed by atoms with van der Waals surface area (Å²) in [7, 11) is 0. The Hall–Kier alpha value is -2.67. The summed E-state index contributed by atoms with van der Waals surface area (Å²) >= 11 is 0. The van der Waals surface area contributed by atoms with Crippen molar-refractivity contribution in [3.8, 4) is 0 Å². The number of amides is 2. The SMILES string of the molecule is O=C(CCCO)C(=O)N1CCN(C(=O)c2cc3ccccc3[nH]2)CC1. The van der Waals surface area contributed by atoms with Crippen LogP contribution in [-0.4, -0.2) is 70.3 Å². The van der Waals surface area contributed by atoms with Crippen LogP contribution in [0.4, 0.5) is 0 Å². The highest BCUT2D eigenvalue weighted by atomic mass is 16.3. The third-order valence-electron chi connectivity index (χ3n) is 4.41. The number of nitrogens with zero attached hydrogens (tertiary/aromatic N) is 2. The van der Waals surface area contributed by atoms with Crippen LogP contribution in [0.2, 0.25) is 0 Å². The molecule has 1 aliphatic heterocycles. The first-order valence-corrected chi connectivity index (χ1v) is 8.40. The Morgan fingerprint density at radius 3 is 2.40 bits per heavy atom. The monoisotopic (exact) mass is 343 g/mol.